The van der Waals surface area contributed by atoms with E-state index in [0.717, 1.165) is 32.8 Å². The van der Waals surface area contributed by atoms with E-state index in [4.69, 9.17) is 4.74 Å². The monoisotopic (exact) mass is 579 g/mol. The number of amides is 2. The van der Waals surface area contributed by atoms with Gasteiger partial charge in [-0.2, -0.15) is 0 Å². The third-order valence-corrected chi connectivity index (χ3v) is 8.09. The molecule has 0 fully saturated rings. The number of rotatable bonds is 13. The number of methoxy groups -OCH3 is 1. The van der Waals surface area contributed by atoms with Crippen LogP contribution in [0.15, 0.2) is 72.8 Å². The number of carbonyl (C=O) groups excluding carboxylic acids is 2. The predicted molar refractivity (Wildman–Crippen MR) is 163 cm³/mol. The van der Waals surface area contributed by atoms with E-state index in [2.05, 4.69) is 5.32 Å². The highest BCUT2D eigenvalue weighted by Crippen LogP contribution is 2.26. The minimum absolute atomic E-state index is 0.0903. The van der Waals surface area contributed by atoms with Crippen LogP contribution < -0.4 is 14.4 Å². The summed E-state index contributed by atoms with van der Waals surface area (Å²) in [6.07, 6.45) is 1.36. The number of benzene rings is 3. The minimum atomic E-state index is -3.83. The Morgan fingerprint density at radius 2 is 1.59 bits per heavy atom. The van der Waals surface area contributed by atoms with Crippen molar-refractivity contribution in [2.45, 2.75) is 46.7 Å². The first kappa shape index (κ1) is 31.7. The number of sulfonamides is 1. The van der Waals surface area contributed by atoms with E-state index in [-0.39, 0.29) is 24.8 Å². The number of carbonyl (C=O) groups is 2. The highest BCUT2D eigenvalue weighted by Gasteiger charge is 2.33. The van der Waals surface area contributed by atoms with Gasteiger partial charge in [0.25, 0.3) is 0 Å². The molecule has 0 saturated carbocycles. The summed E-state index contributed by atoms with van der Waals surface area (Å²) >= 11 is 0. The summed E-state index contributed by atoms with van der Waals surface area (Å²) in [7, 11) is -2.27. The van der Waals surface area contributed by atoms with E-state index < -0.39 is 28.5 Å². The molecule has 0 aromatic heterocycles. The average Bonchev–Trinajstić information content (AvgIpc) is 2.94. The molecule has 3 aromatic rings. The molecule has 0 aliphatic carbocycles. The van der Waals surface area contributed by atoms with Gasteiger partial charge in [0.1, 0.15) is 18.3 Å². The van der Waals surface area contributed by atoms with E-state index >= 15 is 0 Å². The number of hydrogen-bond donors (Lipinski definition) is 1. The topological polar surface area (TPSA) is 96.0 Å². The zero-order valence-electron chi connectivity index (χ0n) is 24.8. The fourth-order valence-corrected chi connectivity index (χ4v) is 5.44. The molecular weight excluding hydrogens is 538 g/mol. The first-order valence-corrected chi connectivity index (χ1v) is 15.5. The molecular formula is C32H41N3O5S. The Morgan fingerprint density at radius 3 is 2.22 bits per heavy atom. The maximum Gasteiger partial charge on any atom is 0.244 e. The van der Waals surface area contributed by atoms with Gasteiger partial charge in [0, 0.05) is 19.5 Å². The zero-order chi connectivity index (χ0) is 30.2. The summed E-state index contributed by atoms with van der Waals surface area (Å²) in [5.74, 6) is 0.0482. The lowest BCUT2D eigenvalue weighted by atomic mass is 10.0. The van der Waals surface area contributed by atoms with E-state index in [1.54, 1.807) is 25.3 Å². The van der Waals surface area contributed by atoms with Gasteiger partial charge in [0.15, 0.2) is 0 Å². The van der Waals surface area contributed by atoms with Crippen molar-refractivity contribution in [1.29, 1.82) is 0 Å². The normalized spacial score (nSPS) is 12.1. The summed E-state index contributed by atoms with van der Waals surface area (Å²) in [5, 5.41) is 2.99. The van der Waals surface area contributed by atoms with Crippen molar-refractivity contribution in [2.75, 3.05) is 30.8 Å². The minimum Gasteiger partial charge on any atom is -0.497 e. The second kappa shape index (κ2) is 14.2. The summed E-state index contributed by atoms with van der Waals surface area (Å²) in [4.78, 5) is 29.4. The first-order chi connectivity index (χ1) is 19.4. The second-order valence-electron chi connectivity index (χ2n) is 10.7. The van der Waals surface area contributed by atoms with E-state index in [9.17, 15) is 18.0 Å². The van der Waals surface area contributed by atoms with Crippen LogP contribution in [0.4, 0.5) is 5.69 Å². The number of hydrogen-bond acceptors (Lipinski definition) is 5. The van der Waals surface area contributed by atoms with Crippen molar-refractivity contribution in [3.05, 3.63) is 95.1 Å². The molecule has 9 heteroatoms. The fraction of sp³-hybridized carbons (Fsp3) is 0.375. The van der Waals surface area contributed by atoms with Gasteiger partial charge in [-0.3, -0.25) is 13.9 Å². The van der Waals surface area contributed by atoms with Gasteiger partial charge in [-0.25, -0.2) is 8.42 Å². The number of aryl methyl sites for hydroxylation is 1. The smallest absolute Gasteiger partial charge is 0.244 e. The molecule has 0 bridgehead atoms. The fourth-order valence-electron chi connectivity index (χ4n) is 4.54. The van der Waals surface area contributed by atoms with Crippen molar-refractivity contribution in [3.63, 3.8) is 0 Å². The molecule has 3 aromatic carbocycles. The lowest BCUT2D eigenvalue weighted by Crippen LogP contribution is -2.53. The quantitative estimate of drug-likeness (QED) is 0.322. The Balaban J connectivity index is 2.09. The Hall–Kier alpha value is -3.85. The van der Waals surface area contributed by atoms with Gasteiger partial charge in [-0.1, -0.05) is 68.4 Å². The van der Waals surface area contributed by atoms with Gasteiger partial charge in [-0.05, 0) is 60.2 Å². The average molecular weight is 580 g/mol. The van der Waals surface area contributed by atoms with Crippen molar-refractivity contribution >= 4 is 27.5 Å². The summed E-state index contributed by atoms with van der Waals surface area (Å²) in [6, 6.07) is 21.3. The third kappa shape index (κ3) is 8.82. The lowest BCUT2D eigenvalue weighted by Gasteiger charge is -2.34. The standard InChI is InChI=1S/C32H41N3O5S/c1-23(2)20-33-32(37)30(19-26-13-8-7-9-14-26)34(21-27-15-11-16-28(18-27)40-5)31(36)22-35(41(6,38)39)29-17-10-12-24(3)25(29)4/h7-18,23,30H,19-22H2,1-6H3,(H,33,37)/t30-/m1/s1. The third-order valence-electron chi connectivity index (χ3n) is 6.97. The molecule has 0 aliphatic heterocycles. The Labute approximate surface area is 244 Å². The highest BCUT2D eigenvalue weighted by atomic mass is 32.2. The molecule has 0 aliphatic rings. The largest absolute Gasteiger partial charge is 0.497 e. The van der Waals surface area contributed by atoms with Crippen LogP contribution in [0.5, 0.6) is 5.75 Å². The SMILES string of the molecule is COc1cccc(CN(C(=O)CN(c2cccc(C)c2C)S(C)(=O)=O)[C@H](Cc2ccccc2)C(=O)NCC(C)C)c1. The number of nitrogens with one attached hydrogen (secondary N) is 1. The molecule has 0 saturated heterocycles. The molecule has 0 heterocycles. The van der Waals surface area contributed by atoms with Crippen LogP contribution in [0.3, 0.4) is 0 Å². The van der Waals surface area contributed by atoms with Crippen LogP contribution in [0.25, 0.3) is 0 Å². The maximum absolute atomic E-state index is 14.2. The van der Waals surface area contributed by atoms with Gasteiger partial charge < -0.3 is 15.0 Å². The second-order valence-corrected chi connectivity index (χ2v) is 12.6. The van der Waals surface area contributed by atoms with Gasteiger partial charge >= 0.3 is 0 Å². The van der Waals surface area contributed by atoms with Crippen LogP contribution in [0, 0.1) is 19.8 Å². The van der Waals surface area contributed by atoms with Crippen molar-refractivity contribution in [2.24, 2.45) is 5.92 Å². The maximum atomic E-state index is 14.2. The molecule has 8 nitrogen and oxygen atoms in total. The number of ether oxygens (including phenoxy) is 1. The van der Waals surface area contributed by atoms with Crippen LogP contribution >= 0.6 is 0 Å². The molecule has 3 rings (SSSR count). The van der Waals surface area contributed by atoms with Gasteiger partial charge in [-0.15, -0.1) is 0 Å². The highest BCUT2D eigenvalue weighted by molar-refractivity contribution is 7.92. The molecule has 0 radical (unpaired) electrons. The zero-order valence-corrected chi connectivity index (χ0v) is 25.6. The molecule has 0 spiro atoms. The van der Waals surface area contributed by atoms with E-state index in [0.29, 0.717) is 18.0 Å². The molecule has 1 atom stereocenters. The Kier molecular flexibility index (Phi) is 10.9. The van der Waals surface area contributed by atoms with E-state index in [1.807, 2.05) is 82.3 Å². The van der Waals surface area contributed by atoms with Gasteiger partial charge in [0.05, 0.1) is 19.1 Å². The Bertz CT molecular complexity index is 1440. The van der Waals surface area contributed by atoms with Crippen molar-refractivity contribution in [1.82, 2.24) is 10.2 Å². The Morgan fingerprint density at radius 1 is 0.927 bits per heavy atom. The number of anilines is 1. The predicted octanol–water partition coefficient (Wildman–Crippen LogP) is 4.49. The molecule has 41 heavy (non-hydrogen) atoms. The lowest BCUT2D eigenvalue weighted by molar-refractivity contribution is -0.140. The first-order valence-electron chi connectivity index (χ1n) is 13.7. The van der Waals surface area contributed by atoms with Crippen LogP contribution in [-0.2, 0) is 32.6 Å². The molecule has 1 N–H and O–H groups in total. The molecule has 0 unspecified atom stereocenters. The summed E-state index contributed by atoms with van der Waals surface area (Å²) < 4.78 is 32.6. The number of nitrogens with zero attached hydrogens (tertiary/aromatic N) is 2. The van der Waals surface area contributed by atoms with Crippen LogP contribution in [0.2, 0.25) is 0 Å². The van der Waals surface area contributed by atoms with Crippen molar-refractivity contribution in [3.8, 4) is 5.75 Å². The van der Waals surface area contributed by atoms with Crippen molar-refractivity contribution < 1.29 is 22.7 Å². The summed E-state index contributed by atoms with van der Waals surface area (Å²) in [5.41, 5.74) is 3.75. The van der Waals surface area contributed by atoms with E-state index in [1.165, 1.54) is 4.90 Å². The summed E-state index contributed by atoms with van der Waals surface area (Å²) in [6.45, 7) is 7.82. The van der Waals surface area contributed by atoms with Gasteiger partial charge in [0.2, 0.25) is 21.8 Å². The van der Waals surface area contributed by atoms with Crippen LogP contribution in [0.1, 0.15) is 36.1 Å². The molecule has 2 amide bonds. The van der Waals surface area contributed by atoms with Crippen LogP contribution in [-0.4, -0.2) is 57.6 Å². The molecule has 220 valence electrons.